The lowest BCUT2D eigenvalue weighted by molar-refractivity contribution is 0.0950. The third kappa shape index (κ3) is 3.52. The highest BCUT2D eigenvalue weighted by Gasteiger charge is 2.12. The van der Waals surface area contributed by atoms with Crippen LogP contribution in [0.4, 0.5) is 0 Å². The molecule has 0 fully saturated rings. The number of benzene rings is 2. The van der Waals surface area contributed by atoms with Crippen LogP contribution in [0.2, 0.25) is 10.0 Å². The molecule has 2 heterocycles. The predicted octanol–water partition coefficient (Wildman–Crippen LogP) is 4.94. The minimum atomic E-state index is -0.396. The average Bonchev–Trinajstić information content (AvgIpc) is 3.29. The molecule has 0 saturated carbocycles. The van der Waals surface area contributed by atoms with Gasteiger partial charge in [-0.05, 0) is 31.2 Å². The second kappa shape index (κ2) is 7.50. The molecular formula is C20H15Cl2N5O. The molecule has 6 nitrogen and oxygen atoms in total. The quantitative estimate of drug-likeness (QED) is 0.328. The summed E-state index contributed by atoms with van der Waals surface area (Å²) in [4.78, 5) is 15.6. The summed E-state index contributed by atoms with van der Waals surface area (Å²) in [5.41, 5.74) is 7.06. The molecule has 0 saturated heterocycles. The molecule has 2 aromatic carbocycles. The first-order chi connectivity index (χ1) is 13.5. The Balaban J connectivity index is 1.50. The second-order valence-electron chi connectivity index (χ2n) is 6.20. The molecule has 140 valence electrons. The number of carbonyl (C=O) groups is 1. The molecule has 0 atom stereocenters. The highest BCUT2D eigenvalue weighted by Crippen LogP contribution is 2.27. The van der Waals surface area contributed by atoms with Gasteiger partial charge in [0.2, 0.25) is 0 Å². The normalized spacial score (nSPS) is 11.4. The topological polar surface area (TPSA) is 85.9 Å². The Morgan fingerprint density at radius 3 is 2.79 bits per heavy atom. The average molecular weight is 412 g/mol. The lowest BCUT2D eigenvalue weighted by atomic mass is 10.1. The summed E-state index contributed by atoms with van der Waals surface area (Å²) in [5, 5.41) is 12.9. The van der Waals surface area contributed by atoms with E-state index in [1.54, 1.807) is 30.5 Å². The molecular weight excluding hydrogens is 397 g/mol. The van der Waals surface area contributed by atoms with Crippen molar-refractivity contribution < 1.29 is 4.79 Å². The molecule has 3 N–H and O–H groups in total. The molecule has 0 spiro atoms. The van der Waals surface area contributed by atoms with Gasteiger partial charge in [-0.1, -0.05) is 47.5 Å². The Kier molecular flexibility index (Phi) is 4.90. The van der Waals surface area contributed by atoms with Crippen LogP contribution >= 0.6 is 23.2 Å². The lowest BCUT2D eigenvalue weighted by Gasteiger charge is -1.99. The van der Waals surface area contributed by atoms with Crippen LogP contribution in [0, 0.1) is 6.92 Å². The van der Waals surface area contributed by atoms with Gasteiger partial charge in [-0.15, -0.1) is 0 Å². The van der Waals surface area contributed by atoms with E-state index in [2.05, 4.69) is 25.7 Å². The van der Waals surface area contributed by atoms with Crippen molar-refractivity contribution in [1.29, 1.82) is 0 Å². The monoisotopic (exact) mass is 411 g/mol. The maximum absolute atomic E-state index is 12.3. The van der Waals surface area contributed by atoms with Crippen LogP contribution < -0.4 is 5.43 Å². The van der Waals surface area contributed by atoms with Crippen LogP contribution in [-0.2, 0) is 0 Å². The SMILES string of the molecule is Cc1[nH]c2ccccc2c1/C=N/NC(=O)c1cc(-c2ccc(Cl)c(Cl)c2)n[nH]1. The number of carbonyl (C=O) groups excluding carboxylic acids is 1. The number of hydrazone groups is 1. The molecule has 2 aromatic heterocycles. The number of rotatable bonds is 4. The highest BCUT2D eigenvalue weighted by atomic mass is 35.5. The van der Waals surface area contributed by atoms with Crippen molar-refractivity contribution in [2.75, 3.05) is 0 Å². The zero-order valence-electron chi connectivity index (χ0n) is 14.8. The number of fused-ring (bicyclic) bond motifs is 1. The minimum Gasteiger partial charge on any atom is -0.358 e. The maximum Gasteiger partial charge on any atom is 0.289 e. The van der Waals surface area contributed by atoms with Gasteiger partial charge in [0.15, 0.2) is 0 Å². The Morgan fingerprint density at radius 2 is 1.96 bits per heavy atom. The third-order valence-electron chi connectivity index (χ3n) is 4.34. The van der Waals surface area contributed by atoms with Gasteiger partial charge in [0.25, 0.3) is 5.91 Å². The fourth-order valence-electron chi connectivity index (χ4n) is 2.92. The van der Waals surface area contributed by atoms with E-state index in [0.29, 0.717) is 15.7 Å². The van der Waals surface area contributed by atoms with Crippen molar-refractivity contribution in [2.24, 2.45) is 5.10 Å². The molecule has 4 aromatic rings. The lowest BCUT2D eigenvalue weighted by Crippen LogP contribution is -2.18. The summed E-state index contributed by atoms with van der Waals surface area (Å²) in [7, 11) is 0. The summed E-state index contributed by atoms with van der Waals surface area (Å²) in [6, 6.07) is 14.7. The van der Waals surface area contributed by atoms with Gasteiger partial charge in [-0.2, -0.15) is 10.2 Å². The van der Waals surface area contributed by atoms with E-state index in [1.807, 2.05) is 31.2 Å². The number of nitrogens with zero attached hydrogens (tertiary/aromatic N) is 2. The largest absolute Gasteiger partial charge is 0.358 e. The zero-order valence-corrected chi connectivity index (χ0v) is 16.3. The van der Waals surface area contributed by atoms with Crippen molar-refractivity contribution in [3.05, 3.63) is 75.5 Å². The molecule has 0 aliphatic rings. The number of aromatic nitrogens is 3. The van der Waals surface area contributed by atoms with Gasteiger partial charge >= 0.3 is 0 Å². The highest BCUT2D eigenvalue weighted by molar-refractivity contribution is 6.42. The number of nitrogens with one attached hydrogen (secondary N) is 3. The Morgan fingerprint density at radius 1 is 1.14 bits per heavy atom. The number of hydrogen-bond acceptors (Lipinski definition) is 3. The van der Waals surface area contributed by atoms with Crippen LogP contribution in [0.15, 0.2) is 53.6 Å². The van der Waals surface area contributed by atoms with E-state index in [9.17, 15) is 4.79 Å². The molecule has 1 amide bonds. The van der Waals surface area contributed by atoms with E-state index < -0.39 is 5.91 Å². The van der Waals surface area contributed by atoms with Gasteiger partial charge in [-0.3, -0.25) is 9.89 Å². The van der Waals surface area contributed by atoms with Crippen LogP contribution in [-0.4, -0.2) is 27.3 Å². The van der Waals surface area contributed by atoms with Crippen molar-refractivity contribution in [3.8, 4) is 11.3 Å². The fourth-order valence-corrected chi connectivity index (χ4v) is 3.22. The van der Waals surface area contributed by atoms with Crippen LogP contribution in [0.1, 0.15) is 21.7 Å². The first-order valence-corrected chi connectivity index (χ1v) is 9.20. The standard InChI is InChI=1S/C20H15Cl2N5O/c1-11-14(13-4-2-3-5-17(13)24-11)10-23-27-20(28)19-9-18(25-26-19)12-6-7-15(21)16(22)8-12/h2-10,24H,1H3,(H,25,26)(H,27,28)/b23-10+. The van der Waals surface area contributed by atoms with Gasteiger partial charge < -0.3 is 4.98 Å². The number of aryl methyl sites for hydroxylation is 1. The molecule has 4 rings (SSSR count). The molecule has 8 heteroatoms. The van der Waals surface area contributed by atoms with Gasteiger partial charge in [0.05, 0.1) is 22.0 Å². The maximum atomic E-state index is 12.3. The fraction of sp³-hybridized carbons (Fsp3) is 0.0500. The number of H-pyrrole nitrogens is 2. The van der Waals surface area contributed by atoms with Gasteiger partial charge in [-0.25, -0.2) is 5.43 Å². The number of halogens is 2. The first-order valence-electron chi connectivity index (χ1n) is 8.44. The van der Waals surface area contributed by atoms with E-state index in [4.69, 9.17) is 23.2 Å². The van der Waals surface area contributed by atoms with Crippen molar-refractivity contribution >= 4 is 46.2 Å². The number of hydrogen-bond donors (Lipinski definition) is 3. The van der Waals surface area contributed by atoms with Crippen molar-refractivity contribution in [1.82, 2.24) is 20.6 Å². The van der Waals surface area contributed by atoms with Gasteiger partial charge in [0.1, 0.15) is 5.69 Å². The molecule has 0 bridgehead atoms. The minimum absolute atomic E-state index is 0.286. The Bertz CT molecular complexity index is 1210. The first kappa shape index (κ1) is 18.3. The van der Waals surface area contributed by atoms with E-state index >= 15 is 0 Å². The zero-order chi connectivity index (χ0) is 19.7. The molecule has 0 aliphatic carbocycles. The van der Waals surface area contributed by atoms with Crippen molar-refractivity contribution in [3.63, 3.8) is 0 Å². The molecule has 0 aliphatic heterocycles. The van der Waals surface area contributed by atoms with Crippen molar-refractivity contribution in [2.45, 2.75) is 6.92 Å². The molecule has 0 unspecified atom stereocenters. The summed E-state index contributed by atoms with van der Waals surface area (Å²) < 4.78 is 0. The number of para-hydroxylation sites is 1. The third-order valence-corrected chi connectivity index (χ3v) is 5.08. The second-order valence-corrected chi connectivity index (χ2v) is 7.02. The van der Waals surface area contributed by atoms with Crippen LogP contribution in [0.5, 0.6) is 0 Å². The van der Waals surface area contributed by atoms with Gasteiger partial charge in [0, 0.05) is 27.7 Å². The number of amides is 1. The van der Waals surface area contributed by atoms with E-state index in [-0.39, 0.29) is 5.69 Å². The molecule has 0 radical (unpaired) electrons. The summed E-state index contributed by atoms with van der Waals surface area (Å²) in [5.74, 6) is -0.396. The Hall–Kier alpha value is -3.09. The summed E-state index contributed by atoms with van der Waals surface area (Å²) in [6.07, 6.45) is 1.63. The predicted molar refractivity (Wildman–Crippen MR) is 112 cm³/mol. The van der Waals surface area contributed by atoms with Crippen LogP contribution in [0.3, 0.4) is 0 Å². The Labute approximate surface area is 170 Å². The van der Waals surface area contributed by atoms with Crippen LogP contribution in [0.25, 0.3) is 22.2 Å². The van der Waals surface area contributed by atoms with E-state index in [1.165, 1.54) is 0 Å². The summed E-state index contributed by atoms with van der Waals surface area (Å²) >= 11 is 12.0. The molecule has 28 heavy (non-hydrogen) atoms. The smallest absolute Gasteiger partial charge is 0.289 e. The number of aromatic amines is 2. The van der Waals surface area contributed by atoms with E-state index in [0.717, 1.165) is 27.7 Å². The summed E-state index contributed by atoms with van der Waals surface area (Å²) in [6.45, 7) is 1.96.